The molecule has 1 aromatic rings. The van der Waals surface area contributed by atoms with Crippen LogP contribution in [-0.4, -0.2) is 42.3 Å². The Morgan fingerprint density at radius 3 is 2.50 bits per heavy atom. The van der Waals surface area contributed by atoms with Crippen LogP contribution in [0.25, 0.3) is 0 Å². The normalized spacial score (nSPS) is 17.1. The summed E-state index contributed by atoms with van der Waals surface area (Å²) in [6.45, 7) is 7.52. The van der Waals surface area contributed by atoms with Gasteiger partial charge >= 0.3 is 0 Å². The number of nitrogens with one attached hydrogen (secondary N) is 2. The number of rotatable bonds is 6. The fraction of sp³-hybridized carbons (Fsp3) is 0.550. The van der Waals surface area contributed by atoms with Crippen LogP contribution in [0.15, 0.2) is 24.3 Å². The Hall–Kier alpha value is -2.37. The van der Waals surface area contributed by atoms with Crippen LogP contribution in [0.3, 0.4) is 0 Å². The summed E-state index contributed by atoms with van der Waals surface area (Å²) in [5.41, 5.74) is 1.23. The molecule has 1 heterocycles. The first kappa shape index (κ1) is 19.9. The molecule has 1 atom stereocenters. The third-order valence-corrected chi connectivity index (χ3v) is 4.55. The molecule has 0 saturated carbocycles. The molecule has 3 amide bonds. The predicted octanol–water partition coefficient (Wildman–Crippen LogP) is 2.66. The minimum atomic E-state index is -0.147. The molecule has 1 aliphatic rings. The summed E-state index contributed by atoms with van der Waals surface area (Å²) in [5.74, 6) is 0.244. The molecule has 0 radical (unpaired) electrons. The number of nitrogens with zero attached hydrogens (tertiary/aromatic N) is 1. The SMILES string of the molecule is CC(=O)Nc1ccc(C(=O)N2CCCC(C(=O)NCCC(C)C)C2)cc1. The summed E-state index contributed by atoms with van der Waals surface area (Å²) in [7, 11) is 0. The van der Waals surface area contributed by atoms with Crippen molar-refractivity contribution in [1.82, 2.24) is 10.2 Å². The maximum Gasteiger partial charge on any atom is 0.253 e. The van der Waals surface area contributed by atoms with Gasteiger partial charge in [0.25, 0.3) is 5.91 Å². The van der Waals surface area contributed by atoms with Crippen molar-refractivity contribution in [3.05, 3.63) is 29.8 Å². The lowest BCUT2D eigenvalue weighted by Crippen LogP contribution is -2.45. The number of benzene rings is 1. The number of carbonyl (C=O) groups is 3. The second-order valence-corrected chi connectivity index (χ2v) is 7.32. The van der Waals surface area contributed by atoms with Crippen LogP contribution in [0.2, 0.25) is 0 Å². The molecule has 1 saturated heterocycles. The lowest BCUT2D eigenvalue weighted by atomic mass is 9.96. The average Bonchev–Trinajstić information content (AvgIpc) is 2.61. The van der Waals surface area contributed by atoms with Gasteiger partial charge in [0.15, 0.2) is 0 Å². The molecule has 0 aliphatic carbocycles. The molecular weight excluding hydrogens is 330 g/mol. The summed E-state index contributed by atoms with van der Waals surface area (Å²) in [5, 5.41) is 5.67. The van der Waals surface area contributed by atoms with E-state index < -0.39 is 0 Å². The van der Waals surface area contributed by atoms with E-state index in [4.69, 9.17) is 0 Å². The second kappa shape index (κ2) is 9.36. The first-order chi connectivity index (χ1) is 12.4. The number of carbonyl (C=O) groups excluding carboxylic acids is 3. The molecule has 0 spiro atoms. The lowest BCUT2D eigenvalue weighted by molar-refractivity contribution is -0.126. The third-order valence-electron chi connectivity index (χ3n) is 4.55. The van der Waals surface area contributed by atoms with E-state index in [1.807, 2.05) is 0 Å². The van der Waals surface area contributed by atoms with E-state index in [2.05, 4.69) is 24.5 Å². The van der Waals surface area contributed by atoms with Gasteiger partial charge in [0.2, 0.25) is 11.8 Å². The van der Waals surface area contributed by atoms with Crippen LogP contribution < -0.4 is 10.6 Å². The van der Waals surface area contributed by atoms with Gasteiger partial charge in [-0.05, 0) is 49.4 Å². The number of hydrogen-bond donors (Lipinski definition) is 2. The van der Waals surface area contributed by atoms with E-state index in [9.17, 15) is 14.4 Å². The van der Waals surface area contributed by atoms with Crippen molar-refractivity contribution in [2.24, 2.45) is 11.8 Å². The minimum absolute atomic E-state index is 0.0455. The predicted molar refractivity (Wildman–Crippen MR) is 102 cm³/mol. The van der Waals surface area contributed by atoms with E-state index in [-0.39, 0.29) is 23.6 Å². The smallest absolute Gasteiger partial charge is 0.253 e. The number of amides is 3. The molecular formula is C20H29N3O3. The Labute approximate surface area is 155 Å². The lowest BCUT2D eigenvalue weighted by Gasteiger charge is -2.32. The highest BCUT2D eigenvalue weighted by Gasteiger charge is 2.28. The van der Waals surface area contributed by atoms with Gasteiger partial charge in [-0.2, -0.15) is 0 Å². The second-order valence-electron chi connectivity index (χ2n) is 7.32. The van der Waals surface area contributed by atoms with Crippen LogP contribution in [0.1, 0.15) is 50.4 Å². The zero-order valence-electron chi connectivity index (χ0n) is 15.9. The van der Waals surface area contributed by atoms with E-state index in [1.54, 1.807) is 29.2 Å². The highest BCUT2D eigenvalue weighted by atomic mass is 16.2. The van der Waals surface area contributed by atoms with Gasteiger partial charge in [-0.1, -0.05) is 13.8 Å². The van der Waals surface area contributed by atoms with Crippen molar-refractivity contribution in [2.45, 2.75) is 40.0 Å². The third kappa shape index (κ3) is 5.86. The minimum Gasteiger partial charge on any atom is -0.356 e. The van der Waals surface area contributed by atoms with Gasteiger partial charge in [0.05, 0.1) is 5.92 Å². The summed E-state index contributed by atoms with van der Waals surface area (Å²) < 4.78 is 0. The first-order valence-electron chi connectivity index (χ1n) is 9.31. The maximum absolute atomic E-state index is 12.7. The molecule has 2 rings (SSSR count). The van der Waals surface area contributed by atoms with Crippen molar-refractivity contribution in [1.29, 1.82) is 0 Å². The quantitative estimate of drug-likeness (QED) is 0.820. The zero-order chi connectivity index (χ0) is 19.1. The molecule has 6 heteroatoms. The Balaban J connectivity index is 1.92. The van der Waals surface area contributed by atoms with Gasteiger partial charge in [0, 0.05) is 37.8 Å². The van der Waals surface area contributed by atoms with Crippen LogP contribution >= 0.6 is 0 Å². The largest absolute Gasteiger partial charge is 0.356 e. The Kier molecular flexibility index (Phi) is 7.18. The molecule has 2 N–H and O–H groups in total. The fourth-order valence-corrected chi connectivity index (χ4v) is 3.09. The Morgan fingerprint density at radius 2 is 1.88 bits per heavy atom. The number of likely N-dealkylation sites (tertiary alicyclic amines) is 1. The van der Waals surface area contributed by atoms with Crippen LogP contribution in [0.5, 0.6) is 0 Å². The topological polar surface area (TPSA) is 78.5 Å². The highest BCUT2D eigenvalue weighted by Crippen LogP contribution is 2.20. The van der Waals surface area contributed by atoms with Crippen molar-refractivity contribution < 1.29 is 14.4 Å². The van der Waals surface area contributed by atoms with E-state index >= 15 is 0 Å². The van der Waals surface area contributed by atoms with Gasteiger partial charge in [-0.25, -0.2) is 0 Å². The van der Waals surface area contributed by atoms with Crippen LogP contribution in [0.4, 0.5) is 5.69 Å². The molecule has 1 unspecified atom stereocenters. The molecule has 1 aromatic carbocycles. The average molecular weight is 359 g/mol. The summed E-state index contributed by atoms with van der Waals surface area (Å²) in [6, 6.07) is 6.85. The van der Waals surface area contributed by atoms with Gasteiger partial charge in [-0.3, -0.25) is 14.4 Å². The van der Waals surface area contributed by atoms with Crippen molar-refractivity contribution in [2.75, 3.05) is 25.0 Å². The molecule has 1 fully saturated rings. The molecule has 1 aliphatic heterocycles. The van der Waals surface area contributed by atoms with Crippen molar-refractivity contribution in [3.63, 3.8) is 0 Å². The fourth-order valence-electron chi connectivity index (χ4n) is 3.09. The van der Waals surface area contributed by atoms with Gasteiger partial charge < -0.3 is 15.5 Å². The zero-order valence-corrected chi connectivity index (χ0v) is 15.9. The number of anilines is 1. The van der Waals surface area contributed by atoms with E-state index in [0.29, 0.717) is 36.8 Å². The number of piperidine rings is 1. The standard InChI is InChI=1S/C20H29N3O3/c1-14(2)10-11-21-19(25)17-5-4-12-23(13-17)20(26)16-6-8-18(9-7-16)22-15(3)24/h6-9,14,17H,4-5,10-13H2,1-3H3,(H,21,25)(H,22,24). The number of hydrogen-bond acceptors (Lipinski definition) is 3. The molecule has 142 valence electrons. The molecule has 0 bridgehead atoms. The maximum atomic E-state index is 12.7. The van der Waals surface area contributed by atoms with Crippen LogP contribution in [0, 0.1) is 11.8 Å². The van der Waals surface area contributed by atoms with Crippen molar-refractivity contribution in [3.8, 4) is 0 Å². The van der Waals surface area contributed by atoms with Crippen LogP contribution in [-0.2, 0) is 9.59 Å². The summed E-state index contributed by atoms with van der Waals surface area (Å²) in [4.78, 5) is 37.9. The first-order valence-corrected chi connectivity index (χ1v) is 9.31. The van der Waals surface area contributed by atoms with Gasteiger partial charge in [0.1, 0.15) is 0 Å². The molecule has 26 heavy (non-hydrogen) atoms. The highest BCUT2D eigenvalue weighted by molar-refractivity contribution is 5.96. The monoisotopic (exact) mass is 359 g/mol. The molecule has 0 aromatic heterocycles. The van der Waals surface area contributed by atoms with E-state index in [0.717, 1.165) is 19.3 Å². The van der Waals surface area contributed by atoms with E-state index in [1.165, 1.54) is 6.92 Å². The Morgan fingerprint density at radius 1 is 1.19 bits per heavy atom. The Bertz CT molecular complexity index is 640. The van der Waals surface area contributed by atoms with Gasteiger partial charge in [-0.15, -0.1) is 0 Å². The summed E-state index contributed by atoms with van der Waals surface area (Å²) in [6.07, 6.45) is 2.61. The van der Waals surface area contributed by atoms with Crippen molar-refractivity contribution >= 4 is 23.4 Å². The summed E-state index contributed by atoms with van der Waals surface area (Å²) >= 11 is 0. The molecule has 6 nitrogen and oxygen atoms in total.